The molecule has 1 saturated carbocycles. The molecule has 4 nitrogen and oxygen atoms in total. The Bertz CT molecular complexity index is 514. The fourth-order valence-electron chi connectivity index (χ4n) is 2.21. The smallest absolute Gasteiger partial charge is 0.162 e. The second-order valence-corrected chi connectivity index (χ2v) is 4.30. The van der Waals surface area contributed by atoms with E-state index < -0.39 is 0 Å². The van der Waals surface area contributed by atoms with Crippen molar-refractivity contribution in [3.05, 3.63) is 23.8 Å². The molecule has 0 spiro atoms. The minimum Gasteiger partial charge on any atom is -0.493 e. The highest BCUT2D eigenvalue weighted by Crippen LogP contribution is 2.34. The van der Waals surface area contributed by atoms with Crippen LogP contribution in [0.3, 0.4) is 0 Å². The number of ether oxygens (including phenoxy) is 2. The lowest BCUT2D eigenvalue weighted by molar-refractivity contribution is 0.175. The monoisotopic (exact) mass is 242 g/mol. The first-order valence-corrected chi connectivity index (χ1v) is 5.93. The molecule has 2 rings (SSSR count). The van der Waals surface area contributed by atoms with Crippen molar-refractivity contribution in [2.75, 3.05) is 7.11 Å². The molecule has 0 heterocycles. The summed E-state index contributed by atoms with van der Waals surface area (Å²) in [5.41, 5.74) is 0.530. The summed E-state index contributed by atoms with van der Waals surface area (Å²) in [6, 6.07) is 9.39. The molecule has 0 saturated heterocycles. The minimum atomic E-state index is -0.0724. The van der Waals surface area contributed by atoms with Gasteiger partial charge in [-0.3, -0.25) is 0 Å². The Morgan fingerprint density at radius 2 is 2.06 bits per heavy atom. The van der Waals surface area contributed by atoms with E-state index in [1.54, 1.807) is 25.3 Å². The van der Waals surface area contributed by atoms with Crippen molar-refractivity contribution < 1.29 is 9.47 Å². The number of hydrogen-bond acceptors (Lipinski definition) is 4. The van der Waals surface area contributed by atoms with E-state index in [1.165, 1.54) is 0 Å². The van der Waals surface area contributed by atoms with Crippen LogP contribution in [0.1, 0.15) is 24.8 Å². The van der Waals surface area contributed by atoms with Gasteiger partial charge in [-0.25, -0.2) is 0 Å². The summed E-state index contributed by atoms with van der Waals surface area (Å²) in [6.45, 7) is 0. The van der Waals surface area contributed by atoms with Crippen molar-refractivity contribution in [1.82, 2.24) is 0 Å². The molecule has 4 heteroatoms. The van der Waals surface area contributed by atoms with E-state index in [9.17, 15) is 0 Å². The van der Waals surface area contributed by atoms with E-state index in [0.29, 0.717) is 17.1 Å². The summed E-state index contributed by atoms with van der Waals surface area (Å²) < 4.78 is 11.1. The molecule has 0 aromatic heterocycles. The van der Waals surface area contributed by atoms with Gasteiger partial charge in [0.2, 0.25) is 0 Å². The summed E-state index contributed by atoms with van der Waals surface area (Å²) in [6.07, 6.45) is 2.72. The molecular formula is C14H14N2O2. The number of methoxy groups -OCH3 is 1. The van der Waals surface area contributed by atoms with Crippen LogP contribution in [-0.2, 0) is 0 Å². The maximum absolute atomic E-state index is 9.02. The second-order valence-electron chi connectivity index (χ2n) is 4.30. The van der Waals surface area contributed by atoms with E-state index >= 15 is 0 Å². The Hall–Kier alpha value is -2.20. The van der Waals surface area contributed by atoms with Gasteiger partial charge in [-0.15, -0.1) is 0 Å². The van der Waals surface area contributed by atoms with Crippen LogP contribution < -0.4 is 9.47 Å². The lowest BCUT2D eigenvalue weighted by Gasteiger charge is -2.18. The Morgan fingerprint density at radius 1 is 1.22 bits per heavy atom. The predicted molar refractivity (Wildman–Crippen MR) is 65.1 cm³/mol. The molecule has 0 bridgehead atoms. The maximum atomic E-state index is 9.02. The van der Waals surface area contributed by atoms with Crippen molar-refractivity contribution >= 4 is 0 Å². The van der Waals surface area contributed by atoms with Gasteiger partial charge in [-0.05, 0) is 31.4 Å². The van der Waals surface area contributed by atoms with E-state index in [-0.39, 0.29) is 12.0 Å². The Labute approximate surface area is 106 Å². The first-order chi connectivity index (χ1) is 8.78. The summed E-state index contributed by atoms with van der Waals surface area (Å²) >= 11 is 0. The van der Waals surface area contributed by atoms with Gasteiger partial charge >= 0.3 is 0 Å². The quantitative estimate of drug-likeness (QED) is 0.817. The highest BCUT2D eigenvalue weighted by atomic mass is 16.5. The van der Waals surface area contributed by atoms with Crippen LogP contribution in [0.4, 0.5) is 0 Å². The van der Waals surface area contributed by atoms with Crippen LogP contribution in [0.2, 0.25) is 0 Å². The van der Waals surface area contributed by atoms with Crippen molar-refractivity contribution in [3.8, 4) is 23.6 Å². The highest BCUT2D eigenvalue weighted by molar-refractivity contribution is 5.46. The molecule has 1 aliphatic carbocycles. The number of nitriles is 2. The number of rotatable bonds is 3. The normalized spacial score (nSPS) is 21.9. The Morgan fingerprint density at radius 3 is 2.72 bits per heavy atom. The van der Waals surface area contributed by atoms with Crippen LogP contribution in [0.25, 0.3) is 0 Å². The molecule has 0 radical (unpaired) electrons. The number of nitrogens with zero attached hydrogens (tertiary/aromatic N) is 2. The summed E-state index contributed by atoms with van der Waals surface area (Å²) in [4.78, 5) is 0. The molecule has 1 aromatic rings. The summed E-state index contributed by atoms with van der Waals surface area (Å²) in [5.74, 6) is 1.09. The lowest BCUT2D eigenvalue weighted by atomic mass is 10.1. The molecule has 0 aliphatic heterocycles. The predicted octanol–water partition coefficient (Wildman–Crippen LogP) is 2.64. The van der Waals surface area contributed by atoms with Crippen molar-refractivity contribution in [2.24, 2.45) is 5.92 Å². The highest BCUT2D eigenvalue weighted by Gasteiger charge is 2.29. The van der Waals surface area contributed by atoms with Crippen LogP contribution in [-0.4, -0.2) is 13.2 Å². The topological polar surface area (TPSA) is 66.0 Å². The third-order valence-corrected chi connectivity index (χ3v) is 3.19. The van der Waals surface area contributed by atoms with E-state index in [0.717, 1.165) is 19.3 Å². The molecular weight excluding hydrogens is 228 g/mol. The van der Waals surface area contributed by atoms with E-state index in [2.05, 4.69) is 12.1 Å². The van der Waals surface area contributed by atoms with Crippen LogP contribution >= 0.6 is 0 Å². The average Bonchev–Trinajstić information content (AvgIpc) is 2.86. The van der Waals surface area contributed by atoms with Gasteiger partial charge in [0.1, 0.15) is 6.10 Å². The zero-order chi connectivity index (χ0) is 13.0. The SMILES string of the molecule is COc1cc(C#N)ccc1OC1CCCC1C#N. The van der Waals surface area contributed by atoms with Crippen molar-refractivity contribution in [3.63, 3.8) is 0 Å². The lowest BCUT2D eigenvalue weighted by Crippen LogP contribution is -2.20. The second kappa shape index (κ2) is 5.42. The molecule has 1 aromatic carbocycles. The van der Waals surface area contributed by atoms with Crippen molar-refractivity contribution in [1.29, 1.82) is 10.5 Å². The fraction of sp³-hybridized carbons (Fsp3) is 0.429. The van der Waals surface area contributed by atoms with Gasteiger partial charge in [0, 0.05) is 6.07 Å². The van der Waals surface area contributed by atoms with Gasteiger partial charge in [0.25, 0.3) is 0 Å². The first-order valence-electron chi connectivity index (χ1n) is 5.93. The standard InChI is InChI=1S/C14H14N2O2/c1-17-14-7-10(8-15)5-6-13(14)18-12-4-2-3-11(12)9-16/h5-7,11-12H,2-4H2,1H3. The van der Waals surface area contributed by atoms with Crippen molar-refractivity contribution in [2.45, 2.75) is 25.4 Å². The Balaban J connectivity index is 2.19. The fourth-order valence-corrected chi connectivity index (χ4v) is 2.21. The summed E-state index contributed by atoms with van der Waals surface area (Å²) in [7, 11) is 1.54. The van der Waals surface area contributed by atoms with E-state index in [4.69, 9.17) is 20.0 Å². The molecule has 92 valence electrons. The zero-order valence-electron chi connectivity index (χ0n) is 10.2. The van der Waals surface area contributed by atoms with Gasteiger partial charge in [0.05, 0.1) is 30.7 Å². The average molecular weight is 242 g/mol. The molecule has 18 heavy (non-hydrogen) atoms. The first kappa shape index (κ1) is 12.3. The Kier molecular flexibility index (Phi) is 3.69. The molecule has 2 atom stereocenters. The van der Waals surface area contributed by atoms with Crippen LogP contribution in [0, 0.1) is 28.6 Å². The van der Waals surface area contributed by atoms with Crippen LogP contribution in [0.5, 0.6) is 11.5 Å². The molecule has 1 aliphatic rings. The third kappa shape index (κ3) is 2.38. The van der Waals surface area contributed by atoms with Gasteiger partial charge in [-0.2, -0.15) is 10.5 Å². The molecule has 0 N–H and O–H groups in total. The van der Waals surface area contributed by atoms with Crippen LogP contribution in [0.15, 0.2) is 18.2 Å². The largest absolute Gasteiger partial charge is 0.493 e. The summed E-state index contributed by atoms with van der Waals surface area (Å²) in [5, 5.41) is 17.8. The minimum absolute atomic E-state index is 0.0506. The molecule has 0 amide bonds. The van der Waals surface area contributed by atoms with E-state index in [1.807, 2.05) is 0 Å². The van der Waals surface area contributed by atoms with Gasteiger partial charge < -0.3 is 9.47 Å². The van der Waals surface area contributed by atoms with Gasteiger partial charge in [-0.1, -0.05) is 0 Å². The zero-order valence-corrected chi connectivity index (χ0v) is 10.2. The molecule has 2 unspecified atom stereocenters. The number of hydrogen-bond donors (Lipinski definition) is 0. The van der Waals surface area contributed by atoms with Gasteiger partial charge in [0.15, 0.2) is 11.5 Å². The molecule has 1 fully saturated rings. The maximum Gasteiger partial charge on any atom is 0.162 e. The number of benzene rings is 1. The third-order valence-electron chi connectivity index (χ3n) is 3.19.